The Hall–Kier alpha value is -2.37. The van der Waals surface area contributed by atoms with E-state index in [-0.39, 0.29) is 18.3 Å². The van der Waals surface area contributed by atoms with Crippen molar-refractivity contribution in [2.75, 3.05) is 0 Å². The molecule has 0 amide bonds. The highest BCUT2D eigenvalue weighted by atomic mass is 16.7. The lowest BCUT2D eigenvalue weighted by atomic mass is 9.80. The number of nitrogens with zero attached hydrogens (tertiary/aromatic N) is 1. The fraction of sp³-hybridized carbons (Fsp3) is 0.286. The topological polar surface area (TPSA) is 44.5 Å². The van der Waals surface area contributed by atoms with E-state index in [9.17, 15) is 0 Å². The third kappa shape index (κ3) is 2.21. The maximum Gasteiger partial charge on any atom is 0.496 e. The van der Waals surface area contributed by atoms with Crippen LogP contribution in [0.5, 0.6) is 0 Å². The van der Waals surface area contributed by atoms with E-state index in [0.29, 0.717) is 0 Å². The average Bonchev–Trinajstić information content (AvgIpc) is 3.28. The standard InChI is InChI=1S/C21H20BNO3/c1-20(2)21(3,4)26-22(25-20)14-6-8-17(23-12-14)13-5-7-15-16(11-13)19-10-9-18(15)24-19/h5-12H,1-4H3. The quantitative estimate of drug-likeness (QED) is 0.506. The van der Waals surface area contributed by atoms with E-state index < -0.39 is 0 Å². The molecule has 26 heavy (non-hydrogen) atoms. The monoisotopic (exact) mass is 345 g/mol. The Kier molecular flexibility index (Phi) is 3.10. The molecule has 0 radical (unpaired) electrons. The number of aromatic nitrogens is 1. The minimum absolute atomic E-state index is 0.349. The SMILES string of the molecule is CC1(C)OB(c2ccc(-c3ccc4c5ccc(o5)c4c3)nc2)OC1(C)C. The van der Waals surface area contributed by atoms with E-state index in [1.165, 1.54) is 0 Å². The number of benzene rings is 2. The third-order valence-electron chi connectivity index (χ3n) is 5.76. The largest absolute Gasteiger partial charge is 0.496 e. The molecule has 1 fully saturated rings. The highest BCUT2D eigenvalue weighted by Crippen LogP contribution is 2.37. The summed E-state index contributed by atoms with van der Waals surface area (Å²) < 4.78 is 17.9. The molecule has 0 saturated carbocycles. The molecule has 3 aromatic heterocycles. The van der Waals surface area contributed by atoms with Gasteiger partial charge in [-0.3, -0.25) is 4.98 Å². The number of furan rings is 2. The average molecular weight is 345 g/mol. The van der Waals surface area contributed by atoms with E-state index >= 15 is 0 Å². The molecule has 4 nitrogen and oxygen atoms in total. The van der Waals surface area contributed by atoms with Crippen molar-refractivity contribution in [1.82, 2.24) is 4.98 Å². The summed E-state index contributed by atoms with van der Waals surface area (Å²) in [6, 6.07) is 14.4. The Bertz CT molecular complexity index is 1080. The van der Waals surface area contributed by atoms with E-state index in [0.717, 1.165) is 38.7 Å². The van der Waals surface area contributed by atoms with E-state index in [4.69, 9.17) is 13.7 Å². The normalized spacial score (nSPS) is 19.0. The Morgan fingerprint density at radius 2 is 1.50 bits per heavy atom. The van der Waals surface area contributed by atoms with Gasteiger partial charge in [-0.25, -0.2) is 0 Å². The summed E-state index contributed by atoms with van der Waals surface area (Å²) in [4.78, 5) is 4.64. The van der Waals surface area contributed by atoms with Crippen LogP contribution in [-0.4, -0.2) is 23.3 Å². The molecule has 1 saturated heterocycles. The van der Waals surface area contributed by atoms with Crippen molar-refractivity contribution in [2.45, 2.75) is 38.9 Å². The maximum absolute atomic E-state index is 6.10. The molecular formula is C21H20BNO3. The van der Waals surface area contributed by atoms with Gasteiger partial charge in [0.1, 0.15) is 11.2 Å². The van der Waals surface area contributed by atoms with Crippen LogP contribution >= 0.6 is 0 Å². The van der Waals surface area contributed by atoms with Crippen LogP contribution in [0, 0.1) is 0 Å². The second-order valence-corrected chi connectivity index (χ2v) is 7.99. The molecule has 5 heteroatoms. The molecule has 2 bridgehead atoms. The first-order valence-electron chi connectivity index (χ1n) is 8.91. The predicted molar refractivity (Wildman–Crippen MR) is 104 cm³/mol. The van der Waals surface area contributed by atoms with Gasteiger partial charge in [-0.05, 0) is 58.0 Å². The van der Waals surface area contributed by atoms with E-state index in [1.54, 1.807) is 0 Å². The smallest absolute Gasteiger partial charge is 0.456 e. The number of hydrogen-bond donors (Lipinski definition) is 0. The van der Waals surface area contributed by atoms with Crippen LogP contribution in [-0.2, 0) is 9.31 Å². The van der Waals surface area contributed by atoms with Crippen LogP contribution in [0.2, 0.25) is 0 Å². The van der Waals surface area contributed by atoms with Crippen molar-refractivity contribution >= 4 is 34.5 Å². The van der Waals surface area contributed by atoms with Crippen LogP contribution < -0.4 is 5.46 Å². The van der Waals surface area contributed by atoms with Crippen molar-refractivity contribution in [3.05, 3.63) is 48.7 Å². The van der Waals surface area contributed by atoms with Crippen LogP contribution in [0.25, 0.3) is 33.2 Å². The lowest BCUT2D eigenvalue weighted by molar-refractivity contribution is 0.00578. The molecular weight excluding hydrogens is 325 g/mol. The van der Waals surface area contributed by atoms with E-state index in [1.807, 2.05) is 30.5 Å². The van der Waals surface area contributed by atoms with Gasteiger partial charge in [0.25, 0.3) is 0 Å². The van der Waals surface area contributed by atoms with Crippen molar-refractivity contribution in [2.24, 2.45) is 0 Å². The minimum atomic E-state index is -0.386. The first-order chi connectivity index (χ1) is 12.3. The lowest BCUT2D eigenvalue weighted by Crippen LogP contribution is -2.41. The highest BCUT2D eigenvalue weighted by Gasteiger charge is 2.51. The molecule has 1 aliphatic rings. The Morgan fingerprint density at radius 1 is 0.808 bits per heavy atom. The van der Waals surface area contributed by atoms with Gasteiger partial charge in [0.05, 0.1) is 16.9 Å². The number of fused-ring (bicyclic) bond motifs is 5. The summed E-state index contributed by atoms with van der Waals surface area (Å²) in [5.74, 6) is 0. The molecule has 0 spiro atoms. The second-order valence-electron chi connectivity index (χ2n) is 7.99. The maximum atomic E-state index is 6.10. The molecule has 0 atom stereocenters. The number of pyridine rings is 1. The molecule has 0 aliphatic carbocycles. The lowest BCUT2D eigenvalue weighted by Gasteiger charge is -2.32. The van der Waals surface area contributed by atoms with Crippen molar-refractivity contribution in [3.63, 3.8) is 0 Å². The molecule has 5 rings (SSSR count). The first-order valence-corrected chi connectivity index (χ1v) is 8.91. The van der Waals surface area contributed by atoms with Crippen molar-refractivity contribution in [1.29, 1.82) is 0 Å². The summed E-state index contributed by atoms with van der Waals surface area (Å²) in [6.07, 6.45) is 1.84. The highest BCUT2D eigenvalue weighted by molar-refractivity contribution is 6.62. The zero-order chi connectivity index (χ0) is 18.1. The van der Waals surface area contributed by atoms with Gasteiger partial charge in [0.15, 0.2) is 0 Å². The number of hydrogen-bond acceptors (Lipinski definition) is 4. The Labute approximate surface area is 152 Å². The molecule has 4 heterocycles. The minimum Gasteiger partial charge on any atom is -0.456 e. The summed E-state index contributed by atoms with van der Waals surface area (Å²) in [7, 11) is -0.386. The first kappa shape index (κ1) is 15.9. The van der Waals surface area contributed by atoms with Gasteiger partial charge in [-0.2, -0.15) is 0 Å². The van der Waals surface area contributed by atoms with E-state index in [2.05, 4.69) is 50.9 Å². The second kappa shape index (κ2) is 5.09. The van der Waals surface area contributed by atoms with Gasteiger partial charge < -0.3 is 13.7 Å². The molecule has 0 N–H and O–H groups in total. The zero-order valence-corrected chi connectivity index (χ0v) is 15.4. The Morgan fingerprint density at radius 3 is 2.15 bits per heavy atom. The molecule has 4 aromatic rings. The van der Waals surface area contributed by atoms with Gasteiger partial charge in [-0.1, -0.05) is 12.1 Å². The van der Waals surface area contributed by atoms with Crippen LogP contribution in [0.3, 0.4) is 0 Å². The summed E-state index contributed by atoms with van der Waals surface area (Å²) in [6.45, 7) is 8.22. The molecule has 130 valence electrons. The molecule has 1 aliphatic heterocycles. The fourth-order valence-electron chi connectivity index (χ4n) is 3.44. The van der Waals surface area contributed by atoms with Crippen LogP contribution in [0.1, 0.15) is 27.7 Å². The summed E-state index contributed by atoms with van der Waals surface area (Å²) >= 11 is 0. The Balaban J connectivity index is 1.46. The predicted octanol–water partition coefficient (Wildman–Crippen LogP) is 4.39. The van der Waals surface area contributed by atoms with Gasteiger partial charge in [0, 0.05) is 28.0 Å². The molecule has 0 unspecified atom stereocenters. The van der Waals surface area contributed by atoms with Gasteiger partial charge in [-0.15, -0.1) is 0 Å². The summed E-state index contributed by atoms with van der Waals surface area (Å²) in [5, 5.41) is 2.29. The number of rotatable bonds is 2. The van der Waals surface area contributed by atoms with Crippen LogP contribution in [0.4, 0.5) is 0 Å². The third-order valence-corrected chi connectivity index (χ3v) is 5.76. The summed E-state index contributed by atoms with van der Waals surface area (Å²) in [5.41, 5.74) is 4.09. The van der Waals surface area contributed by atoms with Gasteiger partial charge in [0.2, 0.25) is 0 Å². The van der Waals surface area contributed by atoms with Crippen molar-refractivity contribution < 1.29 is 13.7 Å². The van der Waals surface area contributed by atoms with Crippen molar-refractivity contribution in [3.8, 4) is 11.3 Å². The zero-order valence-electron chi connectivity index (χ0n) is 15.4. The molecule has 1 aromatic carbocycles. The fourth-order valence-corrected chi connectivity index (χ4v) is 3.44. The van der Waals surface area contributed by atoms with Crippen LogP contribution in [0.15, 0.2) is 53.1 Å². The van der Waals surface area contributed by atoms with Gasteiger partial charge >= 0.3 is 7.12 Å².